The third kappa shape index (κ3) is 3.80. The van der Waals surface area contributed by atoms with Crippen LogP contribution in [0.4, 0.5) is 0 Å². The maximum Gasteiger partial charge on any atom is 0.133 e. The van der Waals surface area contributed by atoms with Gasteiger partial charge in [0.05, 0.1) is 29.2 Å². The van der Waals surface area contributed by atoms with Crippen LogP contribution in [0.1, 0.15) is 62.6 Å². The smallest absolute Gasteiger partial charge is 0.133 e. The molecule has 0 bridgehead atoms. The highest BCUT2D eigenvalue weighted by molar-refractivity contribution is 6.11. The molecule has 0 unspecified atom stereocenters. The van der Waals surface area contributed by atoms with Crippen molar-refractivity contribution in [2.24, 2.45) is 11.8 Å². The van der Waals surface area contributed by atoms with Gasteiger partial charge in [-0.15, -0.1) is 0 Å². The number of fused-ring (bicyclic) bond motifs is 9. The van der Waals surface area contributed by atoms with Crippen LogP contribution in [-0.2, 0) is 0 Å². The van der Waals surface area contributed by atoms with E-state index in [1.54, 1.807) is 7.11 Å². The number of benzene rings is 4. The van der Waals surface area contributed by atoms with E-state index in [1.165, 1.54) is 18.4 Å². The Morgan fingerprint density at radius 2 is 1.62 bits per heavy atom. The van der Waals surface area contributed by atoms with E-state index < -0.39 is 0 Å². The molecular formula is C35H34N2O2. The average Bonchev–Trinajstić information content (AvgIpc) is 2.95. The maximum absolute atomic E-state index is 6.90. The summed E-state index contributed by atoms with van der Waals surface area (Å²) >= 11 is 0. The molecule has 1 saturated carbocycles. The van der Waals surface area contributed by atoms with Crippen LogP contribution in [0.25, 0.3) is 38.4 Å². The third-order valence-corrected chi connectivity index (χ3v) is 9.12. The minimum absolute atomic E-state index is 0.220. The van der Waals surface area contributed by atoms with Gasteiger partial charge in [-0.3, -0.25) is 0 Å². The average molecular weight is 515 g/mol. The fourth-order valence-corrected chi connectivity index (χ4v) is 7.04. The summed E-state index contributed by atoms with van der Waals surface area (Å²) in [6.07, 6.45) is 3.59. The van der Waals surface area contributed by atoms with E-state index in [-0.39, 0.29) is 5.60 Å². The molecule has 1 fully saturated rings. The van der Waals surface area contributed by atoms with Gasteiger partial charge in [-0.25, -0.2) is 9.97 Å². The van der Waals surface area contributed by atoms with Gasteiger partial charge in [0.25, 0.3) is 0 Å². The Kier molecular flexibility index (Phi) is 5.45. The van der Waals surface area contributed by atoms with Crippen LogP contribution >= 0.6 is 0 Å². The van der Waals surface area contributed by atoms with Crippen LogP contribution in [0.5, 0.6) is 11.5 Å². The van der Waals surface area contributed by atoms with Crippen LogP contribution in [-0.4, -0.2) is 22.7 Å². The van der Waals surface area contributed by atoms with E-state index >= 15 is 0 Å². The number of hydrogen-bond acceptors (Lipinski definition) is 4. The highest BCUT2D eigenvalue weighted by atomic mass is 16.5. The molecule has 7 rings (SSSR count). The molecule has 0 N–H and O–H groups in total. The van der Waals surface area contributed by atoms with Crippen molar-refractivity contribution >= 4 is 38.4 Å². The molecule has 4 nitrogen and oxygen atoms in total. The van der Waals surface area contributed by atoms with Crippen molar-refractivity contribution in [3.05, 3.63) is 90.0 Å². The number of aromatic nitrogens is 2. The number of hydrogen-bond donors (Lipinski definition) is 0. The summed E-state index contributed by atoms with van der Waals surface area (Å²) in [4.78, 5) is 10.6. The Bertz CT molecular complexity index is 1770. The lowest BCUT2D eigenvalue weighted by Crippen LogP contribution is -2.46. The van der Waals surface area contributed by atoms with Crippen molar-refractivity contribution in [1.82, 2.24) is 9.97 Å². The van der Waals surface area contributed by atoms with E-state index in [2.05, 4.69) is 69.8 Å². The predicted octanol–water partition coefficient (Wildman–Crippen LogP) is 8.70. The molecule has 2 aliphatic rings. The first-order chi connectivity index (χ1) is 18.8. The molecule has 0 spiro atoms. The number of nitrogens with zero attached hydrogens (tertiary/aromatic N) is 2. The topological polar surface area (TPSA) is 44.2 Å². The first-order valence-electron chi connectivity index (χ1n) is 14.0. The lowest BCUT2D eigenvalue weighted by molar-refractivity contribution is -0.0115. The van der Waals surface area contributed by atoms with Gasteiger partial charge in [0.1, 0.15) is 17.1 Å². The summed E-state index contributed by atoms with van der Waals surface area (Å²) in [6.45, 7) is 11.3. The molecule has 4 aromatic carbocycles. The second kappa shape index (κ2) is 8.81. The van der Waals surface area contributed by atoms with Crippen LogP contribution in [0.2, 0.25) is 0 Å². The fraction of sp³-hybridized carbons (Fsp3) is 0.314. The van der Waals surface area contributed by atoms with Gasteiger partial charge in [0.15, 0.2) is 0 Å². The Hall–Kier alpha value is -3.92. The zero-order chi connectivity index (χ0) is 26.9. The van der Waals surface area contributed by atoms with Gasteiger partial charge in [-0.1, -0.05) is 62.4 Å². The van der Waals surface area contributed by atoms with Gasteiger partial charge in [0, 0.05) is 22.3 Å². The second-order valence-electron chi connectivity index (χ2n) is 12.0. The summed E-state index contributed by atoms with van der Waals surface area (Å²) in [5.74, 6) is 3.39. The minimum Gasteiger partial charge on any atom is -0.497 e. The molecule has 39 heavy (non-hydrogen) atoms. The number of rotatable bonds is 3. The summed E-state index contributed by atoms with van der Waals surface area (Å²) in [7, 11) is 1.68. The summed E-state index contributed by atoms with van der Waals surface area (Å²) < 4.78 is 12.2. The van der Waals surface area contributed by atoms with Gasteiger partial charge in [0.2, 0.25) is 0 Å². The highest BCUT2D eigenvalue weighted by Crippen LogP contribution is 2.56. The van der Waals surface area contributed by atoms with E-state index in [0.717, 1.165) is 67.5 Å². The minimum atomic E-state index is -0.220. The zero-order valence-corrected chi connectivity index (χ0v) is 23.1. The molecule has 1 aliphatic carbocycles. The molecule has 2 heterocycles. The van der Waals surface area contributed by atoms with Crippen molar-refractivity contribution in [2.75, 3.05) is 7.11 Å². The van der Waals surface area contributed by atoms with Gasteiger partial charge in [-0.05, 0) is 79.5 Å². The fourth-order valence-electron chi connectivity index (χ4n) is 7.04. The summed E-state index contributed by atoms with van der Waals surface area (Å²) in [6, 6.07) is 22.9. The van der Waals surface area contributed by atoms with E-state index in [0.29, 0.717) is 17.8 Å². The van der Waals surface area contributed by atoms with Crippen molar-refractivity contribution in [2.45, 2.75) is 51.6 Å². The second-order valence-corrected chi connectivity index (χ2v) is 12.0. The highest BCUT2D eigenvalue weighted by Gasteiger charge is 2.47. The Labute approximate surface area is 229 Å². The third-order valence-electron chi connectivity index (χ3n) is 9.12. The molecule has 196 valence electrons. The SMILES string of the molecule is C=C(c1ccc(OC)cc1)c1ccc2nc3c(nc2c1)c1c(c2ccccc23)OC(C)(C)[C@H]2CC[C@H](C)C[C@H]12. The lowest BCUT2D eigenvalue weighted by atomic mass is 9.64. The molecule has 4 heteroatoms. The quantitative estimate of drug-likeness (QED) is 0.178. The monoisotopic (exact) mass is 514 g/mol. The predicted molar refractivity (Wildman–Crippen MR) is 160 cm³/mol. The van der Waals surface area contributed by atoms with Crippen molar-refractivity contribution in [1.29, 1.82) is 0 Å². The van der Waals surface area contributed by atoms with E-state index in [4.69, 9.17) is 19.4 Å². The Morgan fingerprint density at radius 3 is 2.38 bits per heavy atom. The molecule has 0 amide bonds. The molecule has 1 aliphatic heterocycles. The largest absolute Gasteiger partial charge is 0.497 e. The van der Waals surface area contributed by atoms with Gasteiger partial charge >= 0.3 is 0 Å². The summed E-state index contributed by atoms with van der Waals surface area (Å²) in [5.41, 5.74) is 7.83. The standard InChI is InChI=1S/C35H34N2O2/c1-20-10-16-28-27(18-20)31-33-32(25-8-6-7-9-26(25)34(31)39-35(28,3)4)36-29-17-13-23(19-30(29)37-33)21(2)22-11-14-24(38-5)15-12-22/h6-9,11-15,17,19-20,27-28H,2,10,16,18H2,1,3-5H3/t20-,27-,28-/m0/s1. The first-order valence-corrected chi connectivity index (χ1v) is 14.0. The molecule has 1 aromatic heterocycles. The Morgan fingerprint density at radius 1 is 0.897 bits per heavy atom. The lowest BCUT2D eigenvalue weighted by Gasteiger charge is -2.49. The maximum atomic E-state index is 6.90. The molecule has 5 aromatic rings. The van der Waals surface area contributed by atoms with Crippen molar-refractivity contribution in [3.63, 3.8) is 0 Å². The van der Waals surface area contributed by atoms with E-state index in [9.17, 15) is 0 Å². The molecule has 0 radical (unpaired) electrons. The number of methoxy groups -OCH3 is 1. The van der Waals surface area contributed by atoms with E-state index in [1.807, 2.05) is 24.3 Å². The van der Waals surface area contributed by atoms with Crippen molar-refractivity contribution < 1.29 is 9.47 Å². The summed E-state index contributed by atoms with van der Waals surface area (Å²) in [5, 5.41) is 2.24. The van der Waals surface area contributed by atoms with Gasteiger partial charge < -0.3 is 9.47 Å². The zero-order valence-electron chi connectivity index (χ0n) is 23.1. The van der Waals surface area contributed by atoms with Crippen LogP contribution in [0.3, 0.4) is 0 Å². The number of ether oxygens (including phenoxy) is 2. The molecular weight excluding hydrogens is 480 g/mol. The normalized spacial score (nSPS) is 21.8. The first kappa shape index (κ1) is 24.1. The Balaban J connectivity index is 1.46. The van der Waals surface area contributed by atoms with Crippen LogP contribution in [0, 0.1) is 11.8 Å². The van der Waals surface area contributed by atoms with Crippen molar-refractivity contribution in [3.8, 4) is 11.5 Å². The van der Waals surface area contributed by atoms with Gasteiger partial charge in [-0.2, -0.15) is 0 Å². The molecule has 3 atom stereocenters. The molecule has 0 saturated heterocycles. The van der Waals surface area contributed by atoms with Crippen LogP contribution < -0.4 is 9.47 Å². The van der Waals surface area contributed by atoms with Crippen LogP contribution in [0.15, 0.2) is 73.3 Å².